The number of terminal acetylenes is 1. The van der Waals surface area contributed by atoms with E-state index in [0.29, 0.717) is 0 Å². The van der Waals surface area contributed by atoms with Gasteiger partial charge in [0.1, 0.15) is 0 Å². The average Bonchev–Trinajstić information content (AvgIpc) is 3.49. The third kappa shape index (κ3) is 5.73. The van der Waals surface area contributed by atoms with Crippen LogP contribution in [0.5, 0.6) is 0 Å². The van der Waals surface area contributed by atoms with Crippen molar-refractivity contribution in [2.24, 2.45) is 0 Å². The van der Waals surface area contributed by atoms with E-state index in [4.69, 9.17) is 6.42 Å². The molecule has 1 aliphatic carbocycles. The molecule has 1 heteroatoms. The van der Waals surface area contributed by atoms with Crippen molar-refractivity contribution in [3.05, 3.63) is 180 Å². The quantitative estimate of drug-likeness (QED) is 0.0941. The monoisotopic (exact) mass is 627 g/mol. The van der Waals surface area contributed by atoms with Crippen molar-refractivity contribution in [1.82, 2.24) is 4.57 Å². The Kier molecular flexibility index (Phi) is 8.14. The molecule has 0 amide bonds. The standard InChI is InChI=1S/C48H37N/c1-3-4-6-16-34(2)49-47-26-14-13-23-43(47)46-33-45(42-22-11-12-24-44(42)48(46)49)38-29-27-36(28-30-38)32-39(31-35-17-7-5-8-18-35)41-25-15-20-37-19-9-10-21-40(37)41/h1,4-11,13-23,25-31,33H,12,24,32H2,2H3/b6-4-,34-16+,39-31-. The third-order valence-corrected chi connectivity index (χ3v) is 9.77. The molecule has 1 aromatic heterocycles. The highest BCUT2D eigenvalue weighted by atomic mass is 15.0. The van der Waals surface area contributed by atoms with E-state index < -0.39 is 0 Å². The van der Waals surface area contributed by atoms with Gasteiger partial charge in [-0.05, 0) is 106 Å². The first-order chi connectivity index (χ1) is 24.2. The van der Waals surface area contributed by atoms with Crippen LogP contribution in [0.1, 0.15) is 41.2 Å². The lowest BCUT2D eigenvalue weighted by Crippen LogP contribution is -2.03. The summed E-state index contributed by atoms with van der Waals surface area (Å²) in [6.45, 7) is 2.17. The summed E-state index contributed by atoms with van der Waals surface area (Å²) in [5.41, 5.74) is 14.0. The number of fused-ring (bicyclic) bond motifs is 6. The van der Waals surface area contributed by atoms with E-state index >= 15 is 0 Å². The number of hydrogen-bond donors (Lipinski definition) is 0. The lowest BCUT2D eigenvalue weighted by molar-refractivity contribution is 0.986. The fourth-order valence-electron chi connectivity index (χ4n) is 7.52. The van der Waals surface area contributed by atoms with Gasteiger partial charge in [-0.15, -0.1) is 6.42 Å². The van der Waals surface area contributed by atoms with E-state index in [0.717, 1.165) is 25.0 Å². The van der Waals surface area contributed by atoms with Gasteiger partial charge in [-0.25, -0.2) is 0 Å². The average molecular weight is 628 g/mol. The van der Waals surface area contributed by atoms with Crippen LogP contribution in [-0.2, 0) is 12.8 Å². The minimum atomic E-state index is 0.841. The van der Waals surface area contributed by atoms with E-state index in [-0.39, 0.29) is 0 Å². The summed E-state index contributed by atoms with van der Waals surface area (Å²) in [6, 6.07) is 46.4. The van der Waals surface area contributed by atoms with Gasteiger partial charge in [0.25, 0.3) is 0 Å². The zero-order valence-electron chi connectivity index (χ0n) is 27.7. The lowest BCUT2D eigenvalue weighted by Gasteiger charge is -2.20. The van der Waals surface area contributed by atoms with Gasteiger partial charge in [-0.1, -0.05) is 145 Å². The Morgan fingerprint density at radius 2 is 1.55 bits per heavy atom. The highest BCUT2D eigenvalue weighted by Gasteiger charge is 2.22. The van der Waals surface area contributed by atoms with Crippen LogP contribution in [0.3, 0.4) is 0 Å². The second-order valence-corrected chi connectivity index (χ2v) is 12.8. The van der Waals surface area contributed by atoms with Gasteiger partial charge in [0, 0.05) is 16.5 Å². The van der Waals surface area contributed by atoms with Crippen LogP contribution in [0.4, 0.5) is 0 Å². The summed E-state index contributed by atoms with van der Waals surface area (Å²) in [5.74, 6) is 2.61. The first kappa shape index (κ1) is 30.2. The molecule has 234 valence electrons. The Hall–Kier alpha value is -6.10. The van der Waals surface area contributed by atoms with Crippen LogP contribution < -0.4 is 0 Å². The van der Waals surface area contributed by atoms with E-state index in [1.54, 1.807) is 6.08 Å². The first-order valence-corrected chi connectivity index (χ1v) is 17.1. The fraction of sp³-hybridized carbons (Fsp3) is 0.0833. The zero-order valence-corrected chi connectivity index (χ0v) is 27.7. The topological polar surface area (TPSA) is 4.93 Å². The fourth-order valence-corrected chi connectivity index (χ4v) is 7.52. The van der Waals surface area contributed by atoms with Crippen LogP contribution in [0.15, 0.2) is 152 Å². The van der Waals surface area contributed by atoms with Crippen molar-refractivity contribution in [2.75, 3.05) is 0 Å². The molecular formula is C48H37N. The number of hydrogen-bond acceptors (Lipinski definition) is 0. The van der Waals surface area contributed by atoms with Crippen molar-refractivity contribution >= 4 is 56.0 Å². The van der Waals surface area contributed by atoms with Gasteiger partial charge in [-0.3, -0.25) is 0 Å². The number of nitrogens with zero attached hydrogens (tertiary/aromatic N) is 1. The molecular weight excluding hydrogens is 591 g/mol. The number of aromatic nitrogens is 1. The van der Waals surface area contributed by atoms with Gasteiger partial charge < -0.3 is 4.57 Å². The summed E-state index contributed by atoms with van der Waals surface area (Å²) in [5, 5.41) is 5.11. The molecule has 0 radical (unpaired) electrons. The summed E-state index contributed by atoms with van der Waals surface area (Å²) < 4.78 is 2.42. The maximum atomic E-state index is 5.51. The number of para-hydroxylation sites is 1. The number of benzene rings is 6. The van der Waals surface area contributed by atoms with Gasteiger partial charge in [0.15, 0.2) is 0 Å². The number of aryl methyl sites for hydroxylation is 1. The van der Waals surface area contributed by atoms with Gasteiger partial charge in [-0.2, -0.15) is 0 Å². The van der Waals surface area contributed by atoms with E-state index in [9.17, 15) is 0 Å². The van der Waals surface area contributed by atoms with E-state index in [1.807, 2.05) is 6.08 Å². The molecule has 0 aliphatic heterocycles. The predicted molar refractivity (Wildman–Crippen MR) is 212 cm³/mol. The molecule has 0 bridgehead atoms. The highest BCUT2D eigenvalue weighted by molar-refractivity contribution is 6.13. The largest absolute Gasteiger partial charge is 0.313 e. The smallest absolute Gasteiger partial charge is 0.0576 e. The number of rotatable bonds is 7. The third-order valence-electron chi connectivity index (χ3n) is 9.77. The second kappa shape index (κ2) is 13.2. The summed E-state index contributed by atoms with van der Waals surface area (Å²) in [6.07, 6.45) is 21.2. The molecule has 0 atom stereocenters. The van der Waals surface area contributed by atoms with Crippen molar-refractivity contribution in [2.45, 2.75) is 26.2 Å². The molecule has 0 N–H and O–H groups in total. The SMILES string of the molecule is C#C/C=C\C=C(/C)n1c2ccccc2c2cc(-c3ccc(C/C(=C/c4ccccc4)c4cccc5ccccc45)cc3)c3c(c21)CCC=C3. The molecule has 0 unspecified atom stereocenters. The molecule has 1 nitrogen and oxygen atoms in total. The second-order valence-electron chi connectivity index (χ2n) is 12.8. The van der Waals surface area contributed by atoms with Crippen molar-refractivity contribution < 1.29 is 0 Å². The maximum absolute atomic E-state index is 5.51. The molecule has 0 fully saturated rings. The minimum absolute atomic E-state index is 0.841. The van der Waals surface area contributed by atoms with Crippen LogP contribution in [-0.4, -0.2) is 4.57 Å². The zero-order chi connectivity index (χ0) is 33.2. The molecule has 49 heavy (non-hydrogen) atoms. The van der Waals surface area contributed by atoms with E-state index in [1.165, 1.54) is 77.1 Å². The maximum Gasteiger partial charge on any atom is 0.0576 e. The van der Waals surface area contributed by atoms with Crippen LogP contribution in [0.25, 0.3) is 67.1 Å². The van der Waals surface area contributed by atoms with Gasteiger partial charge in [0.2, 0.25) is 0 Å². The Bertz CT molecular complexity index is 2500. The van der Waals surface area contributed by atoms with Crippen LogP contribution in [0, 0.1) is 12.3 Å². The summed E-state index contributed by atoms with van der Waals surface area (Å²) in [7, 11) is 0. The minimum Gasteiger partial charge on any atom is -0.313 e. The normalized spacial score (nSPS) is 13.4. The van der Waals surface area contributed by atoms with E-state index in [2.05, 4.69) is 169 Å². The molecule has 8 rings (SSSR count). The molecule has 0 saturated carbocycles. The molecule has 0 saturated heterocycles. The first-order valence-electron chi connectivity index (χ1n) is 17.1. The Morgan fingerprint density at radius 1 is 0.796 bits per heavy atom. The molecule has 7 aromatic rings. The summed E-state index contributed by atoms with van der Waals surface area (Å²) in [4.78, 5) is 0. The highest BCUT2D eigenvalue weighted by Crippen LogP contribution is 2.42. The molecule has 1 aliphatic rings. The van der Waals surface area contributed by atoms with Gasteiger partial charge >= 0.3 is 0 Å². The lowest BCUT2D eigenvalue weighted by atomic mass is 9.87. The predicted octanol–water partition coefficient (Wildman–Crippen LogP) is 12.4. The van der Waals surface area contributed by atoms with Crippen molar-refractivity contribution in [1.29, 1.82) is 0 Å². The number of allylic oxidation sites excluding steroid dienone is 6. The molecule has 6 aromatic carbocycles. The Balaban J connectivity index is 1.23. The Morgan fingerprint density at radius 3 is 2.39 bits per heavy atom. The van der Waals surface area contributed by atoms with Crippen LogP contribution in [0.2, 0.25) is 0 Å². The summed E-state index contributed by atoms with van der Waals surface area (Å²) >= 11 is 0. The Labute approximate surface area is 288 Å². The molecule has 0 spiro atoms. The molecule has 1 heterocycles. The van der Waals surface area contributed by atoms with Gasteiger partial charge in [0.05, 0.1) is 11.0 Å². The van der Waals surface area contributed by atoms with Crippen molar-refractivity contribution in [3.63, 3.8) is 0 Å². The van der Waals surface area contributed by atoms with Crippen LogP contribution >= 0.6 is 0 Å². The van der Waals surface area contributed by atoms with Crippen molar-refractivity contribution in [3.8, 4) is 23.5 Å².